The predicted octanol–water partition coefficient (Wildman–Crippen LogP) is 5.00. The molecule has 0 atom stereocenters. The standard InChI is InChI=1S/C27H39F3N4O4S/c1-8-21-33-22(24(35)32-16-26(5)11-9-19(10-12-26)39(7,36)37)17(2)34(21)23-20(38-6)13-18(15-31-23)14-25(3,4)27(28,29)30/h13,15,19H,8-12,14,16H2,1-7H3,(H,32,35)/t19-,26-. The summed E-state index contributed by atoms with van der Waals surface area (Å²) < 4.78 is 71.2. The van der Waals surface area contributed by atoms with E-state index in [0.717, 1.165) is 13.8 Å². The Hall–Kier alpha value is -2.63. The van der Waals surface area contributed by atoms with Gasteiger partial charge in [0.15, 0.2) is 11.6 Å². The lowest BCUT2D eigenvalue weighted by atomic mass is 9.75. The highest BCUT2D eigenvalue weighted by Gasteiger charge is 2.47. The van der Waals surface area contributed by atoms with E-state index in [1.54, 1.807) is 17.6 Å². The van der Waals surface area contributed by atoms with Gasteiger partial charge in [-0.15, -0.1) is 0 Å². The molecule has 218 valence electrons. The molecule has 1 fully saturated rings. The van der Waals surface area contributed by atoms with Crippen LogP contribution in [0.2, 0.25) is 0 Å². The second-order valence-electron chi connectivity index (χ2n) is 11.6. The van der Waals surface area contributed by atoms with Crippen LogP contribution in [0.25, 0.3) is 5.82 Å². The number of hydrogen-bond donors (Lipinski definition) is 1. The van der Waals surface area contributed by atoms with Gasteiger partial charge in [-0.1, -0.05) is 27.7 Å². The molecule has 1 N–H and O–H groups in total. The average Bonchev–Trinajstić information content (AvgIpc) is 3.17. The van der Waals surface area contributed by atoms with E-state index < -0.39 is 21.4 Å². The molecule has 2 heterocycles. The number of ether oxygens (including phenoxy) is 1. The summed E-state index contributed by atoms with van der Waals surface area (Å²) in [6.45, 7) is 8.35. The number of halogens is 3. The fourth-order valence-corrected chi connectivity index (χ4v) is 6.16. The maximum Gasteiger partial charge on any atom is 0.394 e. The summed E-state index contributed by atoms with van der Waals surface area (Å²) in [6, 6.07) is 1.54. The number of nitrogens with one attached hydrogen (secondary N) is 1. The molecule has 1 aliphatic rings. The van der Waals surface area contributed by atoms with E-state index in [4.69, 9.17) is 4.74 Å². The molecule has 1 saturated carbocycles. The number of nitrogens with zero attached hydrogens (tertiary/aromatic N) is 3. The highest BCUT2D eigenvalue weighted by molar-refractivity contribution is 7.91. The van der Waals surface area contributed by atoms with Crippen LogP contribution in [0.1, 0.15) is 80.9 Å². The van der Waals surface area contributed by atoms with Crippen molar-refractivity contribution in [3.63, 3.8) is 0 Å². The van der Waals surface area contributed by atoms with Crippen molar-refractivity contribution in [1.29, 1.82) is 0 Å². The Morgan fingerprint density at radius 3 is 2.38 bits per heavy atom. The van der Waals surface area contributed by atoms with Crippen LogP contribution in [0, 0.1) is 17.8 Å². The number of rotatable bonds is 9. The van der Waals surface area contributed by atoms with Crippen molar-refractivity contribution in [3.8, 4) is 11.6 Å². The number of carbonyl (C=O) groups is 1. The van der Waals surface area contributed by atoms with Crippen molar-refractivity contribution in [3.05, 3.63) is 35.0 Å². The zero-order valence-electron chi connectivity index (χ0n) is 23.7. The maximum absolute atomic E-state index is 13.4. The second-order valence-corrected chi connectivity index (χ2v) is 13.9. The number of aromatic nitrogens is 3. The van der Waals surface area contributed by atoms with E-state index in [-0.39, 0.29) is 34.4 Å². The third-order valence-corrected chi connectivity index (χ3v) is 9.55. The smallest absolute Gasteiger partial charge is 0.394 e. The first-order valence-electron chi connectivity index (χ1n) is 13.1. The molecular weight excluding hydrogens is 533 g/mol. The SMILES string of the molecule is CCc1nc(C(=O)NC[C@]2(C)CC[C@@H](S(C)(=O)=O)CC2)c(C)n1-c1ncc(CC(C)(C)C(F)(F)F)cc1OC. The molecule has 2 aromatic rings. The number of imidazole rings is 1. The minimum atomic E-state index is -4.37. The minimum absolute atomic E-state index is 0.217. The monoisotopic (exact) mass is 572 g/mol. The first-order chi connectivity index (χ1) is 17.9. The van der Waals surface area contributed by atoms with E-state index in [1.165, 1.54) is 19.6 Å². The van der Waals surface area contributed by atoms with E-state index in [2.05, 4.69) is 15.3 Å². The van der Waals surface area contributed by atoms with Crippen molar-refractivity contribution in [1.82, 2.24) is 19.9 Å². The molecule has 3 rings (SSSR count). The third kappa shape index (κ3) is 6.75. The molecule has 0 aromatic carbocycles. The number of pyridine rings is 1. The van der Waals surface area contributed by atoms with Gasteiger partial charge in [0.05, 0.1) is 23.5 Å². The summed E-state index contributed by atoms with van der Waals surface area (Å²) in [5.74, 6) is 0.836. The van der Waals surface area contributed by atoms with Gasteiger partial charge in [-0.2, -0.15) is 13.2 Å². The fraction of sp³-hybridized carbons (Fsp3) is 0.667. The zero-order chi connectivity index (χ0) is 29.4. The van der Waals surface area contributed by atoms with Crippen LogP contribution in [0.4, 0.5) is 13.2 Å². The number of aryl methyl sites for hydroxylation is 1. The topological polar surface area (TPSA) is 103 Å². The molecular formula is C27H39F3N4O4S. The summed E-state index contributed by atoms with van der Waals surface area (Å²) in [4.78, 5) is 22.2. The van der Waals surface area contributed by atoms with Crippen LogP contribution < -0.4 is 10.1 Å². The van der Waals surface area contributed by atoms with Gasteiger partial charge in [-0.25, -0.2) is 18.4 Å². The van der Waals surface area contributed by atoms with Gasteiger partial charge in [-0.05, 0) is 56.1 Å². The predicted molar refractivity (Wildman–Crippen MR) is 143 cm³/mol. The lowest BCUT2D eigenvalue weighted by molar-refractivity contribution is -0.211. The largest absolute Gasteiger partial charge is 0.493 e. The highest BCUT2D eigenvalue weighted by Crippen LogP contribution is 2.41. The highest BCUT2D eigenvalue weighted by atomic mass is 32.2. The number of hydrogen-bond acceptors (Lipinski definition) is 6. The Labute approximate surface area is 228 Å². The number of amides is 1. The number of carbonyl (C=O) groups excluding carboxylic acids is 1. The van der Waals surface area contributed by atoms with Crippen LogP contribution in [-0.2, 0) is 22.7 Å². The molecule has 2 aromatic heterocycles. The van der Waals surface area contributed by atoms with Gasteiger partial charge in [0.1, 0.15) is 21.4 Å². The Morgan fingerprint density at radius 1 is 1.26 bits per heavy atom. The normalized spacial score (nSPS) is 20.6. The van der Waals surface area contributed by atoms with E-state index in [9.17, 15) is 26.4 Å². The fourth-order valence-electron chi connectivity index (χ4n) is 5.07. The third-order valence-electron chi connectivity index (χ3n) is 7.86. The van der Waals surface area contributed by atoms with Crippen LogP contribution in [0.3, 0.4) is 0 Å². The first-order valence-corrected chi connectivity index (χ1v) is 15.0. The Balaban J connectivity index is 1.83. The Kier molecular flexibility index (Phi) is 8.79. The Bertz CT molecular complexity index is 1310. The first kappa shape index (κ1) is 30.9. The summed E-state index contributed by atoms with van der Waals surface area (Å²) in [6.07, 6.45) is 1.04. The zero-order valence-corrected chi connectivity index (χ0v) is 24.5. The van der Waals surface area contributed by atoms with Crippen LogP contribution in [0.15, 0.2) is 12.3 Å². The van der Waals surface area contributed by atoms with E-state index in [1.807, 2.05) is 13.8 Å². The molecule has 0 spiro atoms. The average molecular weight is 573 g/mol. The van der Waals surface area contributed by atoms with Crippen molar-refractivity contribution in [2.75, 3.05) is 19.9 Å². The van der Waals surface area contributed by atoms with Crippen LogP contribution >= 0.6 is 0 Å². The second kappa shape index (κ2) is 11.1. The number of alkyl halides is 3. The van der Waals surface area contributed by atoms with Crippen molar-refractivity contribution in [2.45, 2.75) is 84.6 Å². The van der Waals surface area contributed by atoms with E-state index >= 15 is 0 Å². The van der Waals surface area contributed by atoms with Crippen LogP contribution in [-0.4, -0.2) is 60.2 Å². The molecule has 1 amide bonds. The summed E-state index contributed by atoms with van der Waals surface area (Å²) in [5.41, 5.74) is -1.01. The number of methoxy groups -OCH3 is 1. The van der Waals surface area contributed by atoms with Gasteiger partial charge < -0.3 is 10.1 Å². The van der Waals surface area contributed by atoms with Gasteiger partial charge in [0, 0.05) is 25.4 Å². The van der Waals surface area contributed by atoms with Crippen LogP contribution in [0.5, 0.6) is 5.75 Å². The van der Waals surface area contributed by atoms with E-state index in [0.29, 0.717) is 61.5 Å². The molecule has 0 saturated heterocycles. The lowest BCUT2D eigenvalue weighted by Crippen LogP contribution is -2.40. The molecule has 1 aliphatic carbocycles. The summed E-state index contributed by atoms with van der Waals surface area (Å²) >= 11 is 0. The molecule has 8 nitrogen and oxygen atoms in total. The Morgan fingerprint density at radius 2 is 1.87 bits per heavy atom. The number of sulfone groups is 1. The lowest BCUT2D eigenvalue weighted by Gasteiger charge is -2.36. The summed E-state index contributed by atoms with van der Waals surface area (Å²) in [7, 11) is -1.66. The van der Waals surface area contributed by atoms with Crippen molar-refractivity contribution < 1.29 is 31.1 Å². The van der Waals surface area contributed by atoms with Crippen molar-refractivity contribution >= 4 is 15.7 Å². The molecule has 12 heteroatoms. The maximum atomic E-state index is 13.4. The molecule has 39 heavy (non-hydrogen) atoms. The van der Waals surface area contributed by atoms with Gasteiger partial charge in [-0.3, -0.25) is 9.36 Å². The molecule has 0 aliphatic heterocycles. The minimum Gasteiger partial charge on any atom is -0.493 e. The summed E-state index contributed by atoms with van der Waals surface area (Å²) in [5, 5.41) is 2.64. The quantitative estimate of drug-likeness (QED) is 0.454. The van der Waals surface area contributed by atoms with Gasteiger partial charge in [0.2, 0.25) is 0 Å². The molecule has 0 unspecified atom stereocenters. The van der Waals surface area contributed by atoms with Crippen molar-refractivity contribution in [2.24, 2.45) is 10.8 Å². The molecule has 0 bridgehead atoms. The van der Waals surface area contributed by atoms with Gasteiger partial charge >= 0.3 is 6.18 Å². The molecule has 0 radical (unpaired) electrons. The van der Waals surface area contributed by atoms with Gasteiger partial charge in [0.25, 0.3) is 5.91 Å².